The number of nitrogens with two attached hydrogens (primary N) is 1. The minimum absolute atomic E-state index is 0.0488. The van der Waals surface area contributed by atoms with Gasteiger partial charge in [0, 0.05) is 9.86 Å². The summed E-state index contributed by atoms with van der Waals surface area (Å²) >= 11 is 3.35. The lowest BCUT2D eigenvalue weighted by Crippen LogP contribution is -2.09. The molecule has 0 fully saturated rings. The van der Waals surface area contributed by atoms with Gasteiger partial charge in [-0.05, 0) is 24.3 Å². The number of benzene rings is 1. The van der Waals surface area contributed by atoms with Crippen molar-refractivity contribution in [1.29, 1.82) is 5.41 Å². The first-order valence-electron chi connectivity index (χ1n) is 3.70. The van der Waals surface area contributed by atoms with Gasteiger partial charge in [-0.15, -0.1) is 0 Å². The van der Waals surface area contributed by atoms with Crippen molar-refractivity contribution in [2.75, 3.05) is 0 Å². The van der Waals surface area contributed by atoms with E-state index >= 15 is 0 Å². The van der Waals surface area contributed by atoms with E-state index < -0.39 is 0 Å². The molecule has 0 atom stereocenters. The maximum Gasteiger partial charge on any atom is 0.169 e. The third-order valence-corrected chi connectivity index (χ3v) is 2.24. The van der Waals surface area contributed by atoms with Crippen LogP contribution < -0.4 is 5.73 Å². The Morgan fingerprint density at radius 3 is 2.85 bits per heavy atom. The first-order chi connectivity index (χ1) is 6.16. The first kappa shape index (κ1) is 8.31. The molecule has 0 saturated carbocycles. The van der Waals surface area contributed by atoms with Crippen LogP contribution in [0.15, 0.2) is 33.2 Å². The molecule has 0 spiro atoms. The third-order valence-electron chi connectivity index (χ3n) is 1.74. The molecule has 66 valence electrons. The molecule has 1 aromatic carbocycles. The number of hydrogen-bond donors (Lipinski definition) is 2. The molecule has 0 aliphatic carbocycles. The molecule has 2 rings (SSSR count). The summed E-state index contributed by atoms with van der Waals surface area (Å²) in [5.41, 5.74) is 6.04. The molecule has 1 aromatic heterocycles. The van der Waals surface area contributed by atoms with Crippen molar-refractivity contribution < 1.29 is 4.42 Å². The molecule has 0 saturated heterocycles. The van der Waals surface area contributed by atoms with Gasteiger partial charge < -0.3 is 10.2 Å². The Morgan fingerprint density at radius 1 is 1.38 bits per heavy atom. The molecule has 0 bridgehead atoms. The standard InChI is InChI=1S/C9H7BrN2O/c10-6-1-2-7-5(3-6)4-8(13-7)9(11)12/h1-4H,(H3,11,12). The summed E-state index contributed by atoms with van der Waals surface area (Å²) in [6, 6.07) is 7.40. The van der Waals surface area contributed by atoms with Crippen molar-refractivity contribution in [1.82, 2.24) is 0 Å². The summed E-state index contributed by atoms with van der Waals surface area (Å²) in [7, 11) is 0. The predicted octanol–water partition coefficient (Wildman–Crippen LogP) is 2.48. The fourth-order valence-electron chi connectivity index (χ4n) is 1.15. The number of rotatable bonds is 1. The van der Waals surface area contributed by atoms with Crippen LogP contribution >= 0.6 is 15.9 Å². The molecule has 3 N–H and O–H groups in total. The van der Waals surface area contributed by atoms with Crippen LogP contribution in [-0.2, 0) is 0 Å². The molecule has 4 heteroatoms. The Hall–Kier alpha value is -1.29. The van der Waals surface area contributed by atoms with E-state index in [1.165, 1.54) is 0 Å². The fourth-order valence-corrected chi connectivity index (χ4v) is 1.53. The molecule has 0 aliphatic heterocycles. The summed E-state index contributed by atoms with van der Waals surface area (Å²) in [5, 5.41) is 8.14. The van der Waals surface area contributed by atoms with Crippen LogP contribution in [0.1, 0.15) is 5.76 Å². The minimum atomic E-state index is -0.0488. The van der Waals surface area contributed by atoms with Gasteiger partial charge in [0.1, 0.15) is 5.58 Å². The topological polar surface area (TPSA) is 63.0 Å². The van der Waals surface area contributed by atoms with Crippen LogP contribution in [-0.4, -0.2) is 5.84 Å². The number of halogens is 1. The maximum atomic E-state index is 7.19. The normalized spacial score (nSPS) is 10.5. The molecule has 2 aromatic rings. The summed E-state index contributed by atoms with van der Waals surface area (Å²) in [5.74, 6) is 0.362. The van der Waals surface area contributed by atoms with Crippen LogP contribution in [0.2, 0.25) is 0 Å². The Bertz CT molecular complexity index is 475. The maximum absolute atomic E-state index is 7.19. The van der Waals surface area contributed by atoms with Crippen molar-refractivity contribution in [3.8, 4) is 0 Å². The van der Waals surface area contributed by atoms with E-state index in [4.69, 9.17) is 15.6 Å². The number of amidine groups is 1. The van der Waals surface area contributed by atoms with Gasteiger partial charge in [0.25, 0.3) is 0 Å². The van der Waals surface area contributed by atoms with Gasteiger partial charge in [-0.25, -0.2) is 0 Å². The second-order valence-corrected chi connectivity index (χ2v) is 3.62. The Morgan fingerprint density at radius 2 is 2.15 bits per heavy atom. The van der Waals surface area contributed by atoms with Crippen molar-refractivity contribution in [3.05, 3.63) is 34.5 Å². The number of nitrogen functional groups attached to an aromatic ring is 1. The zero-order chi connectivity index (χ0) is 9.42. The quantitative estimate of drug-likeness (QED) is 0.593. The molecular formula is C9H7BrN2O. The number of furan rings is 1. The molecule has 13 heavy (non-hydrogen) atoms. The summed E-state index contributed by atoms with van der Waals surface area (Å²) in [4.78, 5) is 0. The Labute approximate surface area is 83.2 Å². The SMILES string of the molecule is N=C(N)c1cc2cc(Br)ccc2o1. The van der Waals surface area contributed by atoms with E-state index in [9.17, 15) is 0 Å². The van der Waals surface area contributed by atoms with E-state index in [2.05, 4.69) is 15.9 Å². The average Bonchev–Trinajstić information content (AvgIpc) is 2.46. The summed E-state index contributed by atoms with van der Waals surface area (Å²) in [6.45, 7) is 0. The smallest absolute Gasteiger partial charge is 0.169 e. The highest BCUT2D eigenvalue weighted by atomic mass is 79.9. The molecule has 1 heterocycles. The molecule has 0 amide bonds. The van der Waals surface area contributed by atoms with Gasteiger partial charge in [0.15, 0.2) is 11.6 Å². The van der Waals surface area contributed by atoms with E-state index in [0.717, 1.165) is 15.4 Å². The zero-order valence-electron chi connectivity index (χ0n) is 6.67. The van der Waals surface area contributed by atoms with Crippen LogP contribution in [0.5, 0.6) is 0 Å². The fraction of sp³-hybridized carbons (Fsp3) is 0. The second kappa shape index (κ2) is 2.88. The monoisotopic (exact) mass is 238 g/mol. The van der Waals surface area contributed by atoms with E-state index in [1.54, 1.807) is 6.07 Å². The number of fused-ring (bicyclic) bond motifs is 1. The lowest BCUT2D eigenvalue weighted by molar-refractivity contribution is 0.603. The van der Waals surface area contributed by atoms with E-state index in [0.29, 0.717) is 5.76 Å². The molecular weight excluding hydrogens is 232 g/mol. The number of nitrogens with one attached hydrogen (secondary N) is 1. The molecule has 3 nitrogen and oxygen atoms in total. The van der Waals surface area contributed by atoms with Crippen LogP contribution in [0, 0.1) is 5.41 Å². The van der Waals surface area contributed by atoms with Crippen molar-refractivity contribution in [3.63, 3.8) is 0 Å². The van der Waals surface area contributed by atoms with Gasteiger partial charge in [-0.1, -0.05) is 15.9 Å². The van der Waals surface area contributed by atoms with Gasteiger partial charge in [0.2, 0.25) is 0 Å². The van der Waals surface area contributed by atoms with Gasteiger partial charge in [-0.2, -0.15) is 0 Å². The van der Waals surface area contributed by atoms with Gasteiger partial charge in [-0.3, -0.25) is 5.41 Å². The van der Waals surface area contributed by atoms with E-state index in [1.807, 2.05) is 18.2 Å². The largest absolute Gasteiger partial charge is 0.453 e. The lowest BCUT2D eigenvalue weighted by Gasteiger charge is -1.88. The minimum Gasteiger partial charge on any atom is -0.453 e. The lowest BCUT2D eigenvalue weighted by atomic mass is 10.2. The molecule has 0 unspecified atom stereocenters. The predicted molar refractivity (Wildman–Crippen MR) is 54.9 cm³/mol. The van der Waals surface area contributed by atoms with Gasteiger partial charge in [0.05, 0.1) is 0 Å². The van der Waals surface area contributed by atoms with Crippen molar-refractivity contribution in [2.24, 2.45) is 5.73 Å². The highest BCUT2D eigenvalue weighted by molar-refractivity contribution is 9.10. The average molecular weight is 239 g/mol. The molecule has 0 aliphatic rings. The highest BCUT2D eigenvalue weighted by Gasteiger charge is 2.05. The van der Waals surface area contributed by atoms with E-state index in [-0.39, 0.29) is 5.84 Å². The number of hydrogen-bond acceptors (Lipinski definition) is 2. The van der Waals surface area contributed by atoms with Crippen LogP contribution in [0.25, 0.3) is 11.0 Å². The van der Waals surface area contributed by atoms with Crippen molar-refractivity contribution in [2.45, 2.75) is 0 Å². The highest BCUT2D eigenvalue weighted by Crippen LogP contribution is 2.22. The summed E-state index contributed by atoms with van der Waals surface area (Å²) in [6.07, 6.45) is 0. The third kappa shape index (κ3) is 1.45. The van der Waals surface area contributed by atoms with Gasteiger partial charge >= 0.3 is 0 Å². The Kier molecular flexibility index (Phi) is 1.84. The van der Waals surface area contributed by atoms with Crippen molar-refractivity contribution >= 4 is 32.7 Å². The Balaban J connectivity index is 2.68. The van der Waals surface area contributed by atoms with Crippen LogP contribution in [0.4, 0.5) is 0 Å². The van der Waals surface area contributed by atoms with Crippen LogP contribution in [0.3, 0.4) is 0 Å². The summed E-state index contributed by atoms with van der Waals surface area (Å²) < 4.78 is 6.30. The first-order valence-corrected chi connectivity index (χ1v) is 4.49. The molecule has 0 radical (unpaired) electrons. The zero-order valence-corrected chi connectivity index (χ0v) is 8.26. The second-order valence-electron chi connectivity index (χ2n) is 2.71.